The molecule has 7 heteroatoms. The van der Waals surface area contributed by atoms with Gasteiger partial charge < -0.3 is 14.2 Å². The molecule has 1 saturated carbocycles. The van der Waals surface area contributed by atoms with E-state index >= 15 is 0 Å². The molecule has 1 aromatic carbocycles. The second-order valence-corrected chi connectivity index (χ2v) is 5.98. The average Bonchev–Trinajstić information content (AvgIpc) is 2.40. The van der Waals surface area contributed by atoms with Gasteiger partial charge in [-0.2, -0.15) is 0 Å². The van der Waals surface area contributed by atoms with Crippen molar-refractivity contribution >= 4 is 44.9 Å². The minimum absolute atomic E-state index is 0.0189. The molecular weight excluding hydrogens is 371 g/mol. The van der Waals surface area contributed by atoms with Crippen molar-refractivity contribution in [1.82, 2.24) is 0 Å². The number of rotatable bonds is 6. The second kappa shape index (κ2) is 7.09. The summed E-state index contributed by atoms with van der Waals surface area (Å²) in [6.45, 7) is 0.781. The van der Waals surface area contributed by atoms with Crippen molar-refractivity contribution in [2.75, 3.05) is 20.3 Å². The van der Waals surface area contributed by atoms with Crippen LogP contribution in [0.4, 0.5) is 0 Å². The number of carbonyl (C=O) groups excluding carboxylic acids is 1. The lowest BCUT2D eigenvalue weighted by Crippen LogP contribution is -2.52. The number of hydrogen-bond donors (Lipinski definition) is 0. The van der Waals surface area contributed by atoms with Crippen molar-refractivity contribution in [2.45, 2.75) is 18.6 Å². The summed E-state index contributed by atoms with van der Waals surface area (Å²) in [5.74, 6) is 0.461. The monoisotopic (exact) mass is 382 g/mol. The molecule has 2 atom stereocenters. The molecule has 0 heterocycles. The lowest BCUT2D eigenvalue weighted by molar-refractivity contribution is -0.156. The normalized spacial score (nSPS) is 21.7. The summed E-state index contributed by atoms with van der Waals surface area (Å²) in [7, 11) is 1.57. The van der Waals surface area contributed by atoms with Crippen LogP contribution in [0.3, 0.4) is 0 Å². The molecule has 0 saturated heterocycles. The maximum atomic E-state index is 11.5. The van der Waals surface area contributed by atoms with Crippen LogP contribution in [-0.4, -0.2) is 38.3 Å². The molecule has 110 valence electrons. The summed E-state index contributed by atoms with van der Waals surface area (Å²) in [6.07, 6.45) is -0.598. The Morgan fingerprint density at radius 3 is 2.70 bits per heavy atom. The molecule has 1 fully saturated rings. The minimum Gasteiger partial charge on any atom is -0.485 e. The second-order valence-electron chi connectivity index (χ2n) is 4.31. The van der Waals surface area contributed by atoms with Crippen LogP contribution in [0.25, 0.3) is 0 Å². The predicted octanol–water partition coefficient (Wildman–Crippen LogP) is 3.51. The molecule has 2 unspecified atom stereocenters. The number of methoxy groups -OCH3 is 1. The molecule has 20 heavy (non-hydrogen) atoms. The van der Waals surface area contributed by atoms with Gasteiger partial charge in [0.2, 0.25) is 0 Å². The molecule has 1 aliphatic rings. The van der Waals surface area contributed by atoms with Gasteiger partial charge in [-0.15, -0.1) is 0 Å². The van der Waals surface area contributed by atoms with Crippen LogP contribution < -0.4 is 4.74 Å². The van der Waals surface area contributed by atoms with Gasteiger partial charge >= 0.3 is 0 Å². The maximum absolute atomic E-state index is 11.5. The van der Waals surface area contributed by atoms with Crippen molar-refractivity contribution in [3.05, 3.63) is 26.7 Å². The van der Waals surface area contributed by atoms with E-state index in [0.717, 1.165) is 0 Å². The van der Waals surface area contributed by atoms with Crippen LogP contribution in [0.5, 0.6) is 5.75 Å². The van der Waals surface area contributed by atoms with E-state index in [2.05, 4.69) is 15.9 Å². The molecule has 0 N–H and O–H groups in total. The molecule has 0 aliphatic heterocycles. The molecule has 0 amide bonds. The highest BCUT2D eigenvalue weighted by Crippen LogP contribution is 2.36. The van der Waals surface area contributed by atoms with Crippen LogP contribution in [-0.2, 0) is 14.3 Å². The predicted molar refractivity (Wildman–Crippen MR) is 79.8 cm³/mol. The zero-order valence-electron chi connectivity index (χ0n) is 10.7. The van der Waals surface area contributed by atoms with Gasteiger partial charge in [-0.3, -0.25) is 4.79 Å². The zero-order chi connectivity index (χ0) is 14.7. The number of hydrogen-bond acceptors (Lipinski definition) is 4. The highest BCUT2D eigenvalue weighted by molar-refractivity contribution is 9.10. The van der Waals surface area contributed by atoms with Gasteiger partial charge in [-0.25, -0.2) is 0 Å². The van der Waals surface area contributed by atoms with Gasteiger partial charge in [0.25, 0.3) is 0 Å². The SMILES string of the molecule is COCCOC1C(=O)CC1Oc1cc(Cl)c(Br)cc1Cl. The molecule has 1 aromatic rings. The van der Waals surface area contributed by atoms with Crippen LogP contribution in [0.2, 0.25) is 10.0 Å². The Hall–Kier alpha value is -0.330. The quantitative estimate of drug-likeness (QED) is 0.557. The fourth-order valence-corrected chi connectivity index (χ4v) is 2.63. The van der Waals surface area contributed by atoms with Gasteiger partial charge in [0.15, 0.2) is 11.9 Å². The van der Waals surface area contributed by atoms with Crippen LogP contribution in [0, 0.1) is 0 Å². The minimum atomic E-state index is -0.566. The Kier molecular flexibility index (Phi) is 5.69. The van der Waals surface area contributed by atoms with E-state index in [4.69, 9.17) is 37.4 Å². The molecule has 0 bridgehead atoms. The van der Waals surface area contributed by atoms with Gasteiger partial charge in [-0.1, -0.05) is 23.2 Å². The maximum Gasteiger partial charge on any atom is 0.169 e. The van der Waals surface area contributed by atoms with Crippen molar-refractivity contribution in [2.24, 2.45) is 0 Å². The Balaban J connectivity index is 1.99. The summed E-state index contributed by atoms with van der Waals surface area (Å²) in [5.41, 5.74) is 0. The number of halogens is 3. The van der Waals surface area contributed by atoms with Crippen LogP contribution >= 0.6 is 39.1 Å². The van der Waals surface area contributed by atoms with E-state index in [1.807, 2.05) is 0 Å². The highest BCUT2D eigenvalue weighted by atomic mass is 79.9. The van der Waals surface area contributed by atoms with Crippen LogP contribution in [0.1, 0.15) is 6.42 Å². The highest BCUT2D eigenvalue weighted by Gasteiger charge is 2.43. The third-order valence-corrected chi connectivity index (χ3v) is 4.39. The first kappa shape index (κ1) is 16.0. The Morgan fingerprint density at radius 1 is 1.30 bits per heavy atom. The lowest BCUT2D eigenvalue weighted by atomic mass is 9.90. The Labute approximate surface area is 135 Å². The molecule has 0 aromatic heterocycles. The summed E-state index contributed by atoms with van der Waals surface area (Å²) >= 11 is 15.4. The summed E-state index contributed by atoms with van der Waals surface area (Å²) in [6, 6.07) is 3.27. The van der Waals surface area contributed by atoms with E-state index in [1.54, 1.807) is 19.2 Å². The lowest BCUT2D eigenvalue weighted by Gasteiger charge is -2.34. The molecule has 1 aliphatic carbocycles. The summed E-state index contributed by atoms with van der Waals surface area (Å²) in [5, 5.41) is 0.920. The van der Waals surface area contributed by atoms with Crippen molar-refractivity contribution in [1.29, 1.82) is 0 Å². The molecule has 0 radical (unpaired) electrons. The fraction of sp³-hybridized carbons (Fsp3) is 0.462. The summed E-state index contributed by atoms with van der Waals surface area (Å²) < 4.78 is 16.7. The van der Waals surface area contributed by atoms with E-state index in [9.17, 15) is 4.79 Å². The standard InChI is InChI=1S/C13H13BrCl2O4/c1-18-2-3-19-13-10(17)6-12(13)20-11-5-8(15)7(14)4-9(11)16/h4-5,12-13H,2-3,6H2,1H3. The number of ether oxygens (including phenoxy) is 3. The van der Waals surface area contributed by atoms with Gasteiger partial charge in [0, 0.05) is 24.1 Å². The fourth-order valence-electron chi connectivity index (χ4n) is 1.79. The number of carbonyl (C=O) groups is 1. The molecule has 4 nitrogen and oxygen atoms in total. The van der Waals surface area contributed by atoms with Crippen LogP contribution in [0.15, 0.2) is 16.6 Å². The third-order valence-electron chi connectivity index (χ3n) is 2.90. The molecular formula is C13H13BrCl2O4. The first-order chi connectivity index (χ1) is 9.52. The number of benzene rings is 1. The average molecular weight is 384 g/mol. The van der Waals surface area contributed by atoms with E-state index < -0.39 is 6.10 Å². The van der Waals surface area contributed by atoms with E-state index in [-0.39, 0.29) is 11.9 Å². The summed E-state index contributed by atoms with van der Waals surface area (Å²) in [4.78, 5) is 11.5. The van der Waals surface area contributed by atoms with E-state index in [0.29, 0.717) is 39.9 Å². The molecule has 2 rings (SSSR count). The number of Topliss-reactive ketones (excluding diaryl/α,β-unsaturated/α-hetero) is 1. The van der Waals surface area contributed by atoms with Gasteiger partial charge in [0.1, 0.15) is 11.9 Å². The number of ketones is 1. The Morgan fingerprint density at radius 2 is 2.05 bits per heavy atom. The first-order valence-electron chi connectivity index (χ1n) is 5.97. The topological polar surface area (TPSA) is 44.8 Å². The van der Waals surface area contributed by atoms with Crippen molar-refractivity contribution < 1.29 is 19.0 Å². The smallest absolute Gasteiger partial charge is 0.169 e. The van der Waals surface area contributed by atoms with Gasteiger partial charge in [0.05, 0.1) is 23.3 Å². The van der Waals surface area contributed by atoms with Gasteiger partial charge in [-0.05, 0) is 22.0 Å². The molecule has 0 spiro atoms. The van der Waals surface area contributed by atoms with E-state index in [1.165, 1.54) is 0 Å². The van der Waals surface area contributed by atoms with Crippen molar-refractivity contribution in [3.63, 3.8) is 0 Å². The van der Waals surface area contributed by atoms with Crippen molar-refractivity contribution in [3.8, 4) is 5.75 Å². The largest absolute Gasteiger partial charge is 0.485 e. The zero-order valence-corrected chi connectivity index (χ0v) is 13.8. The Bertz CT molecular complexity index is 509. The third kappa shape index (κ3) is 3.65. The first-order valence-corrected chi connectivity index (χ1v) is 7.52.